The molecule has 0 saturated carbocycles. The number of carbonyl (C=O) groups is 2. The molecule has 0 bridgehead atoms. The molecule has 0 radical (unpaired) electrons. The molecular weight excluding hydrogens is 346 g/mol. The van der Waals surface area contributed by atoms with Gasteiger partial charge < -0.3 is 20.1 Å². The second-order valence-corrected chi connectivity index (χ2v) is 5.69. The van der Waals surface area contributed by atoms with Crippen LogP contribution in [0, 0.1) is 11.6 Å². The van der Waals surface area contributed by atoms with E-state index in [1.165, 1.54) is 25.3 Å². The lowest BCUT2D eigenvalue weighted by Gasteiger charge is -2.15. The molecule has 0 aliphatic carbocycles. The van der Waals surface area contributed by atoms with Crippen LogP contribution in [0.2, 0.25) is 0 Å². The molecule has 3 rings (SSSR count). The fraction of sp³-hybridized carbons (Fsp3) is 0.222. The van der Waals surface area contributed by atoms with Gasteiger partial charge in [0.2, 0.25) is 11.8 Å². The standard InChI is InChI=1S/C18H16F2N2O4/c1-25-15-6-3-11(26-16-8-10(19)2-4-12(16)20)9-14(15)22-18(24)13-5-7-17(23)21-13/h2-4,6,8-9,13H,5,7H2,1H3,(H,21,23)(H,22,24). The van der Waals surface area contributed by atoms with E-state index in [-0.39, 0.29) is 29.5 Å². The molecule has 1 aliphatic rings. The first-order valence-electron chi connectivity index (χ1n) is 7.87. The summed E-state index contributed by atoms with van der Waals surface area (Å²) < 4.78 is 37.5. The first-order valence-corrected chi connectivity index (χ1v) is 7.87. The summed E-state index contributed by atoms with van der Waals surface area (Å²) in [6, 6.07) is 6.68. The Balaban J connectivity index is 1.81. The summed E-state index contributed by atoms with van der Waals surface area (Å²) >= 11 is 0. The van der Waals surface area contributed by atoms with Crippen molar-refractivity contribution in [2.75, 3.05) is 12.4 Å². The number of benzene rings is 2. The molecule has 0 spiro atoms. The number of hydrogen-bond donors (Lipinski definition) is 2. The molecule has 1 atom stereocenters. The Labute approximate surface area is 148 Å². The molecule has 1 aliphatic heterocycles. The van der Waals surface area contributed by atoms with Gasteiger partial charge in [0.1, 0.15) is 23.4 Å². The van der Waals surface area contributed by atoms with E-state index in [9.17, 15) is 18.4 Å². The average Bonchev–Trinajstić information content (AvgIpc) is 3.05. The molecule has 136 valence electrons. The fourth-order valence-electron chi connectivity index (χ4n) is 2.56. The number of nitrogens with one attached hydrogen (secondary N) is 2. The van der Waals surface area contributed by atoms with Crippen molar-refractivity contribution >= 4 is 17.5 Å². The van der Waals surface area contributed by atoms with Gasteiger partial charge in [-0.15, -0.1) is 0 Å². The van der Waals surface area contributed by atoms with Crippen LogP contribution >= 0.6 is 0 Å². The maximum atomic E-state index is 13.7. The summed E-state index contributed by atoms with van der Waals surface area (Å²) in [5, 5.41) is 5.21. The van der Waals surface area contributed by atoms with Crippen LogP contribution in [0.15, 0.2) is 36.4 Å². The van der Waals surface area contributed by atoms with Gasteiger partial charge in [-0.3, -0.25) is 9.59 Å². The highest BCUT2D eigenvalue weighted by Gasteiger charge is 2.27. The van der Waals surface area contributed by atoms with Gasteiger partial charge in [-0.2, -0.15) is 0 Å². The van der Waals surface area contributed by atoms with Crippen LogP contribution in [-0.4, -0.2) is 25.0 Å². The van der Waals surface area contributed by atoms with Gasteiger partial charge in [-0.1, -0.05) is 0 Å². The SMILES string of the molecule is COc1ccc(Oc2cc(F)ccc2F)cc1NC(=O)C1CCC(=O)N1. The van der Waals surface area contributed by atoms with Crippen molar-refractivity contribution in [1.82, 2.24) is 5.32 Å². The van der Waals surface area contributed by atoms with Crippen LogP contribution < -0.4 is 20.1 Å². The summed E-state index contributed by atoms with van der Waals surface area (Å²) in [4.78, 5) is 23.5. The van der Waals surface area contributed by atoms with E-state index in [2.05, 4.69) is 10.6 Å². The lowest BCUT2D eigenvalue weighted by Crippen LogP contribution is -2.37. The van der Waals surface area contributed by atoms with Crippen LogP contribution in [0.3, 0.4) is 0 Å². The topological polar surface area (TPSA) is 76.7 Å². The number of carbonyl (C=O) groups excluding carboxylic acids is 2. The minimum absolute atomic E-state index is 0.182. The highest BCUT2D eigenvalue weighted by molar-refractivity contribution is 6.00. The van der Waals surface area contributed by atoms with E-state index in [0.717, 1.165) is 18.2 Å². The Hall–Kier alpha value is -3.16. The van der Waals surface area contributed by atoms with Crippen LogP contribution in [0.5, 0.6) is 17.2 Å². The molecule has 8 heteroatoms. The van der Waals surface area contributed by atoms with Gasteiger partial charge in [0.15, 0.2) is 11.6 Å². The van der Waals surface area contributed by atoms with Gasteiger partial charge in [-0.05, 0) is 30.7 Å². The maximum absolute atomic E-state index is 13.7. The van der Waals surface area contributed by atoms with Crippen molar-refractivity contribution in [3.05, 3.63) is 48.0 Å². The molecule has 1 saturated heterocycles. The van der Waals surface area contributed by atoms with Crippen LogP contribution in [0.1, 0.15) is 12.8 Å². The van der Waals surface area contributed by atoms with Crippen molar-refractivity contribution in [1.29, 1.82) is 0 Å². The fourth-order valence-corrected chi connectivity index (χ4v) is 2.56. The van der Waals surface area contributed by atoms with Crippen molar-refractivity contribution in [3.63, 3.8) is 0 Å². The molecule has 2 aromatic carbocycles. The lowest BCUT2D eigenvalue weighted by atomic mass is 10.2. The largest absolute Gasteiger partial charge is 0.495 e. The monoisotopic (exact) mass is 362 g/mol. The number of hydrogen-bond acceptors (Lipinski definition) is 4. The highest BCUT2D eigenvalue weighted by atomic mass is 19.1. The smallest absolute Gasteiger partial charge is 0.247 e. The Morgan fingerprint density at radius 2 is 2.00 bits per heavy atom. The molecule has 1 heterocycles. The molecule has 0 aromatic heterocycles. The third kappa shape index (κ3) is 3.90. The van der Waals surface area contributed by atoms with Crippen LogP contribution in [0.4, 0.5) is 14.5 Å². The molecular formula is C18H16F2N2O4. The molecule has 6 nitrogen and oxygen atoms in total. The normalized spacial score (nSPS) is 16.1. The maximum Gasteiger partial charge on any atom is 0.247 e. The summed E-state index contributed by atoms with van der Waals surface area (Å²) in [5.41, 5.74) is 0.285. The van der Waals surface area contributed by atoms with E-state index >= 15 is 0 Å². The average molecular weight is 362 g/mol. The molecule has 2 aromatic rings. The summed E-state index contributed by atoms with van der Waals surface area (Å²) in [5.74, 6) is -1.69. The van der Waals surface area contributed by atoms with E-state index < -0.39 is 23.6 Å². The lowest BCUT2D eigenvalue weighted by molar-refractivity contribution is -0.122. The van der Waals surface area contributed by atoms with Crippen molar-refractivity contribution in [3.8, 4) is 17.2 Å². The zero-order chi connectivity index (χ0) is 18.7. The van der Waals surface area contributed by atoms with E-state index in [1.54, 1.807) is 0 Å². The summed E-state index contributed by atoms with van der Waals surface area (Å²) in [6.45, 7) is 0. The van der Waals surface area contributed by atoms with Gasteiger partial charge in [-0.25, -0.2) is 8.78 Å². The highest BCUT2D eigenvalue weighted by Crippen LogP contribution is 2.33. The predicted molar refractivity (Wildman–Crippen MR) is 89.2 cm³/mol. The van der Waals surface area contributed by atoms with Crippen molar-refractivity contribution in [2.45, 2.75) is 18.9 Å². The van der Waals surface area contributed by atoms with E-state index in [1.807, 2.05) is 0 Å². The number of methoxy groups -OCH3 is 1. The van der Waals surface area contributed by atoms with Crippen LogP contribution in [-0.2, 0) is 9.59 Å². The summed E-state index contributed by atoms with van der Waals surface area (Å²) in [6.07, 6.45) is 0.689. The Morgan fingerprint density at radius 3 is 2.69 bits per heavy atom. The number of rotatable bonds is 5. The van der Waals surface area contributed by atoms with E-state index in [0.29, 0.717) is 12.2 Å². The number of ether oxygens (including phenoxy) is 2. The van der Waals surface area contributed by atoms with Crippen LogP contribution in [0.25, 0.3) is 0 Å². The molecule has 1 fully saturated rings. The van der Waals surface area contributed by atoms with E-state index in [4.69, 9.17) is 9.47 Å². The number of halogens is 2. The molecule has 1 unspecified atom stereocenters. The van der Waals surface area contributed by atoms with Crippen molar-refractivity contribution in [2.24, 2.45) is 0 Å². The zero-order valence-electron chi connectivity index (χ0n) is 13.8. The molecule has 2 N–H and O–H groups in total. The van der Waals surface area contributed by atoms with Gasteiger partial charge in [0.05, 0.1) is 12.8 Å². The third-order valence-corrected chi connectivity index (χ3v) is 3.86. The zero-order valence-corrected chi connectivity index (χ0v) is 13.8. The van der Waals surface area contributed by atoms with Gasteiger partial charge in [0.25, 0.3) is 0 Å². The second kappa shape index (κ2) is 7.38. The number of anilines is 1. The molecule has 26 heavy (non-hydrogen) atoms. The Morgan fingerprint density at radius 1 is 1.19 bits per heavy atom. The van der Waals surface area contributed by atoms with Gasteiger partial charge >= 0.3 is 0 Å². The minimum Gasteiger partial charge on any atom is -0.495 e. The number of amides is 2. The Bertz CT molecular complexity index is 857. The Kier molecular flexibility index (Phi) is 5.01. The molecule has 2 amide bonds. The first-order chi connectivity index (χ1) is 12.5. The van der Waals surface area contributed by atoms with Crippen molar-refractivity contribution < 1.29 is 27.8 Å². The first kappa shape index (κ1) is 17.7. The summed E-state index contributed by atoms with van der Waals surface area (Å²) in [7, 11) is 1.43. The second-order valence-electron chi connectivity index (χ2n) is 5.69. The third-order valence-electron chi connectivity index (χ3n) is 3.86. The quantitative estimate of drug-likeness (QED) is 0.857. The minimum atomic E-state index is -0.721. The van der Waals surface area contributed by atoms with Gasteiger partial charge in [0, 0.05) is 18.6 Å². The predicted octanol–water partition coefficient (Wildman–Crippen LogP) is 2.98.